The van der Waals surface area contributed by atoms with Crippen molar-refractivity contribution in [3.05, 3.63) is 65.3 Å². The van der Waals surface area contributed by atoms with Crippen LogP contribution in [-0.2, 0) is 0 Å². The highest BCUT2D eigenvalue weighted by atomic mass is 35.5. The van der Waals surface area contributed by atoms with Crippen LogP contribution < -0.4 is 16.2 Å². The molecule has 0 unspecified atom stereocenters. The summed E-state index contributed by atoms with van der Waals surface area (Å²) in [6.07, 6.45) is 0. The van der Waals surface area contributed by atoms with Gasteiger partial charge in [-0.1, -0.05) is 29.8 Å². The van der Waals surface area contributed by atoms with E-state index in [0.717, 1.165) is 16.6 Å². The monoisotopic (exact) mass is 344 g/mol. The number of thiocarbonyl (C=S) groups is 1. The van der Waals surface area contributed by atoms with Crippen LogP contribution in [0.4, 0.5) is 5.69 Å². The van der Waals surface area contributed by atoms with Gasteiger partial charge in [-0.3, -0.25) is 15.6 Å². The third kappa shape index (κ3) is 3.80. The number of fused-ring (bicyclic) bond motifs is 1. The predicted molar refractivity (Wildman–Crippen MR) is 96.6 cm³/mol. The van der Waals surface area contributed by atoms with Gasteiger partial charge in [0.05, 0.1) is 0 Å². The Hall–Kier alpha value is -2.57. The fourth-order valence-electron chi connectivity index (χ4n) is 2.07. The first-order chi connectivity index (χ1) is 11.1. The number of nitrogens with one attached hydrogen (secondary N) is 4. The molecule has 0 saturated carbocycles. The van der Waals surface area contributed by atoms with Gasteiger partial charge < -0.3 is 10.3 Å². The topological polar surface area (TPSA) is 69.0 Å². The molecule has 3 rings (SSSR count). The van der Waals surface area contributed by atoms with Gasteiger partial charge in [0.2, 0.25) is 0 Å². The number of hydrogen-bond acceptors (Lipinski definition) is 2. The van der Waals surface area contributed by atoms with Crippen molar-refractivity contribution in [2.45, 2.75) is 0 Å². The molecule has 0 aliphatic carbocycles. The summed E-state index contributed by atoms with van der Waals surface area (Å²) in [7, 11) is 0. The normalized spacial score (nSPS) is 10.3. The average molecular weight is 345 g/mol. The molecule has 0 fully saturated rings. The van der Waals surface area contributed by atoms with E-state index in [4.69, 9.17) is 23.8 Å². The molecule has 5 nitrogen and oxygen atoms in total. The molecule has 0 atom stereocenters. The minimum absolute atomic E-state index is 0.275. The van der Waals surface area contributed by atoms with Crippen molar-refractivity contribution in [3.8, 4) is 0 Å². The summed E-state index contributed by atoms with van der Waals surface area (Å²) in [6.45, 7) is 0. The zero-order chi connectivity index (χ0) is 16.2. The molecule has 1 aromatic heterocycles. The summed E-state index contributed by atoms with van der Waals surface area (Å²) < 4.78 is 0. The Labute approximate surface area is 143 Å². The Bertz CT molecular complexity index is 827. The van der Waals surface area contributed by atoms with Crippen LogP contribution in [0.1, 0.15) is 10.5 Å². The average Bonchev–Trinajstić information content (AvgIpc) is 2.99. The number of hydrazine groups is 1. The molecule has 7 heteroatoms. The van der Waals surface area contributed by atoms with Gasteiger partial charge in [-0.15, -0.1) is 0 Å². The first-order valence-corrected chi connectivity index (χ1v) is 7.61. The number of carbonyl (C=O) groups excluding carboxylic acids is 1. The number of halogens is 1. The van der Waals surface area contributed by atoms with E-state index in [2.05, 4.69) is 21.2 Å². The van der Waals surface area contributed by atoms with Gasteiger partial charge in [-0.05, 0) is 48.6 Å². The maximum atomic E-state index is 12.1. The van der Waals surface area contributed by atoms with Crippen LogP contribution in [0, 0.1) is 0 Å². The van der Waals surface area contributed by atoms with Crippen LogP contribution in [0.15, 0.2) is 54.6 Å². The second-order valence-corrected chi connectivity index (χ2v) is 5.66. The van der Waals surface area contributed by atoms with Gasteiger partial charge >= 0.3 is 0 Å². The maximum Gasteiger partial charge on any atom is 0.286 e. The first-order valence-electron chi connectivity index (χ1n) is 6.82. The molecule has 0 saturated heterocycles. The van der Waals surface area contributed by atoms with Crippen molar-refractivity contribution in [1.82, 2.24) is 15.8 Å². The van der Waals surface area contributed by atoms with Crippen molar-refractivity contribution < 1.29 is 4.79 Å². The molecule has 1 heterocycles. The molecular formula is C16H13ClN4OS. The Kier molecular flexibility index (Phi) is 4.45. The number of amides is 1. The number of benzene rings is 2. The summed E-state index contributed by atoms with van der Waals surface area (Å²) in [5, 5.41) is 4.83. The molecule has 23 heavy (non-hydrogen) atoms. The molecule has 0 radical (unpaired) electrons. The summed E-state index contributed by atoms with van der Waals surface area (Å²) >= 11 is 10.9. The third-order valence-corrected chi connectivity index (χ3v) is 3.62. The lowest BCUT2D eigenvalue weighted by Gasteiger charge is -2.11. The number of carbonyl (C=O) groups is 1. The highest BCUT2D eigenvalue weighted by molar-refractivity contribution is 7.80. The van der Waals surface area contributed by atoms with Crippen molar-refractivity contribution >= 4 is 51.4 Å². The van der Waals surface area contributed by atoms with Crippen molar-refractivity contribution in [3.63, 3.8) is 0 Å². The quantitative estimate of drug-likeness (QED) is 0.424. The molecule has 1 amide bonds. The number of H-pyrrole nitrogens is 1. The third-order valence-electron chi connectivity index (χ3n) is 3.17. The lowest BCUT2D eigenvalue weighted by Crippen LogP contribution is -2.43. The van der Waals surface area contributed by atoms with Crippen molar-refractivity contribution in [1.29, 1.82) is 0 Å². The molecule has 2 aromatic carbocycles. The molecule has 0 spiro atoms. The SMILES string of the molecule is O=C(NNC(=S)Nc1ccc(Cl)cc1)c1cc2ccccc2[nH]1. The van der Waals surface area contributed by atoms with Crippen LogP contribution in [0.5, 0.6) is 0 Å². The Morgan fingerprint density at radius 2 is 1.78 bits per heavy atom. The number of para-hydroxylation sites is 1. The molecule has 0 aliphatic heterocycles. The fourth-order valence-corrected chi connectivity index (χ4v) is 2.37. The lowest BCUT2D eigenvalue weighted by molar-refractivity contribution is 0.0940. The van der Waals surface area contributed by atoms with Gasteiger partial charge in [0, 0.05) is 21.6 Å². The Morgan fingerprint density at radius 3 is 2.52 bits per heavy atom. The van der Waals surface area contributed by atoms with Crippen LogP contribution >= 0.6 is 23.8 Å². The molecule has 0 bridgehead atoms. The zero-order valence-corrected chi connectivity index (χ0v) is 13.5. The highest BCUT2D eigenvalue weighted by Gasteiger charge is 2.09. The lowest BCUT2D eigenvalue weighted by atomic mass is 10.2. The van der Waals surface area contributed by atoms with Gasteiger partial charge in [0.15, 0.2) is 5.11 Å². The van der Waals surface area contributed by atoms with Crippen LogP contribution in [0.3, 0.4) is 0 Å². The van der Waals surface area contributed by atoms with Crippen LogP contribution in [0.2, 0.25) is 5.02 Å². The first kappa shape index (κ1) is 15.3. The minimum Gasteiger partial charge on any atom is -0.350 e. The second-order valence-electron chi connectivity index (χ2n) is 4.81. The van der Waals surface area contributed by atoms with Crippen molar-refractivity contribution in [2.24, 2.45) is 0 Å². The molecular weight excluding hydrogens is 332 g/mol. The van der Waals surface area contributed by atoms with E-state index in [1.807, 2.05) is 24.3 Å². The van der Waals surface area contributed by atoms with Crippen molar-refractivity contribution in [2.75, 3.05) is 5.32 Å². The smallest absolute Gasteiger partial charge is 0.286 e. The Morgan fingerprint density at radius 1 is 1.04 bits per heavy atom. The van der Waals surface area contributed by atoms with Gasteiger partial charge in [-0.25, -0.2) is 0 Å². The summed E-state index contributed by atoms with van der Waals surface area (Å²) in [5.41, 5.74) is 7.32. The Balaban J connectivity index is 1.57. The van der Waals surface area contributed by atoms with Gasteiger partial charge in [0.1, 0.15) is 5.69 Å². The minimum atomic E-state index is -0.304. The van der Waals surface area contributed by atoms with E-state index in [1.165, 1.54) is 0 Å². The van der Waals surface area contributed by atoms with Crippen LogP contribution in [-0.4, -0.2) is 16.0 Å². The van der Waals surface area contributed by atoms with E-state index in [1.54, 1.807) is 30.3 Å². The number of aromatic amines is 1. The van der Waals surface area contributed by atoms with E-state index in [0.29, 0.717) is 10.7 Å². The molecule has 0 aliphatic rings. The number of rotatable bonds is 2. The van der Waals surface area contributed by atoms with E-state index in [-0.39, 0.29) is 11.0 Å². The molecule has 116 valence electrons. The van der Waals surface area contributed by atoms with E-state index < -0.39 is 0 Å². The highest BCUT2D eigenvalue weighted by Crippen LogP contribution is 2.14. The van der Waals surface area contributed by atoms with E-state index in [9.17, 15) is 4.79 Å². The number of aromatic nitrogens is 1. The van der Waals surface area contributed by atoms with Gasteiger partial charge in [-0.2, -0.15) is 0 Å². The van der Waals surface area contributed by atoms with Crippen LogP contribution in [0.25, 0.3) is 10.9 Å². The van der Waals surface area contributed by atoms with E-state index >= 15 is 0 Å². The molecule has 4 N–H and O–H groups in total. The summed E-state index contributed by atoms with van der Waals surface area (Å²) in [5.74, 6) is -0.304. The van der Waals surface area contributed by atoms with Gasteiger partial charge in [0.25, 0.3) is 5.91 Å². The maximum absolute atomic E-state index is 12.1. The zero-order valence-electron chi connectivity index (χ0n) is 11.9. The standard InChI is InChI=1S/C16H13ClN4OS/c17-11-5-7-12(8-6-11)18-16(23)21-20-15(22)14-9-10-3-1-2-4-13(10)19-14/h1-9,19H,(H,20,22)(H2,18,21,23). The number of anilines is 1. The number of hydrogen-bond donors (Lipinski definition) is 4. The molecule has 3 aromatic rings. The summed E-state index contributed by atoms with van der Waals surface area (Å²) in [4.78, 5) is 15.2. The predicted octanol–water partition coefficient (Wildman–Crippen LogP) is 3.45. The summed E-state index contributed by atoms with van der Waals surface area (Å²) in [6, 6.07) is 16.5. The fraction of sp³-hybridized carbons (Fsp3) is 0. The largest absolute Gasteiger partial charge is 0.350 e. The second kappa shape index (κ2) is 6.68.